The molecular formula is C14H19N5S. The van der Waals surface area contributed by atoms with Crippen molar-refractivity contribution in [2.75, 3.05) is 23.7 Å². The summed E-state index contributed by atoms with van der Waals surface area (Å²) in [6.07, 6.45) is 5.21. The van der Waals surface area contributed by atoms with Gasteiger partial charge in [0.15, 0.2) is 0 Å². The lowest BCUT2D eigenvalue weighted by Gasteiger charge is -2.10. The maximum atomic E-state index is 4.62. The largest absolute Gasteiger partial charge is 0.370 e. The highest BCUT2D eigenvalue weighted by atomic mass is 32.1. The molecule has 0 atom stereocenters. The van der Waals surface area contributed by atoms with E-state index in [4.69, 9.17) is 0 Å². The molecule has 0 aliphatic heterocycles. The molecule has 0 unspecified atom stereocenters. The average molecular weight is 289 g/mol. The molecule has 0 bridgehead atoms. The van der Waals surface area contributed by atoms with Crippen molar-refractivity contribution in [2.45, 2.75) is 32.1 Å². The Balaban J connectivity index is 1.64. The maximum absolute atomic E-state index is 4.62. The summed E-state index contributed by atoms with van der Waals surface area (Å²) < 4.78 is 0. The summed E-state index contributed by atoms with van der Waals surface area (Å²) in [5, 5.41) is 9.82. The minimum Gasteiger partial charge on any atom is -0.370 e. The van der Waals surface area contributed by atoms with Crippen LogP contribution in [0, 0.1) is 0 Å². The van der Waals surface area contributed by atoms with Crippen LogP contribution in [0.25, 0.3) is 0 Å². The summed E-state index contributed by atoms with van der Waals surface area (Å²) in [5.41, 5.74) is 0. The minimum atomic E-state index is 0.563. The summed E-state index contributed by atoms with van der Waals surface area (Å²) in [6, 6.07) is 1.98. The zero-order valence-corrected chi connectivity index (χ0v) is 12.4. The van der Waals surface area contributed by atoms with Gasteiger partial charge < -0.3 is 10.6 Å². The molecule has 0 radical (unpaired) electrons. The Morgan fingerprint density at radius 1 is 1.25 bits per heavy atom. The molecule has 0 saturated heterocycles. The van der Waals surface area contributed by atoms with Crippen molar-refractivity contribution in [2.24, 2.45) is 0 Å². The van der Waals surface area contributed by atoms with Gasteiger partial charge in [-0.2, -0.15) is 0 Å². The minimum absolute atomic E-state index is 0.563. The van der Waals surface area contributed by atoms with E-state index >= 15 is 0 Å². The molecular weight excluding hydrogens is 270 g/mol. The van der Waals surface area contributed by atoms with Crippen molar-refractivity contribution < 1.29 is 0 Å². The lowest BCUT2D eigenvalue weighted by molar-refractivity contribution is 0.911. The van der Waals surface area contributed by atoms with Gasteiger partial charge in [0.25, 0.3) is 0 Å². The monoisotopic (exact) mass is 289 g/mol. The number of thiazole rings is 1. The van der Waals surface area contributed by atoms with Gasteiger partial charge in [-0.3, -0.25) is 0 Å². The molecule has 20 heavy (non-hydrogen) atoms. The number of hydrogen-bond donors (Lipinski definition) is 2. The van der Waals surface area contributed by atoms with Gasteiger partial charge >= 0.3 is 0 Å². The van der Waals surface area contributed by atoms with Crippen molar-refractivity contribution in [1.29, 1.82) is 0 Å². The smallest absolute Gasteiger partial charge is 0.136 e. The summed E-state index contributed by atoms with van der Waals surface area (Å²) in [6.45, 7) is 3.80. The van der Waals surface area contributed by atoms with E-state index in [0.717, 1.165) is 42.0 Å². The lowest BCUT2D eigenvalue weighted by atomic mass is 10.3. The van der Waals surface area contributed by atoms with E-state index in [1.54, 1.807) is 11.3 Å². The van der Waals surface area contributed by atoms with Crippen molar-refractivity contribution in [3.8, 4) is 0 Å². The van der Waals surface area contributed by atoms with Gasteiger partial charge in [-0.25, -0.2) is 15.0 Å². The molecule has 2 aromatic rings. The third kappa shape index (κ3) is 3.45. The van der Waals surface area contributed by atoms with Crippen LogP contribution in [-0.4, -0.2) is 28.0 Å². The number of rotatable bonds is 7. The molecule has 2 heterocycles. The van der Waals surface area contributed by atoms with Gasteiger partial charge in [-0.15, -0.1) is 11.3 Å². The Morgan fingerprint density at radius 3 is 2.70 bits per heavy atom. The van der Waals surface area contributed by atoms with Gasteiger partial charge in [0, 0.05) is 43.1 Å². The number of anilines is 2. The van der Waals surface area contributed by atoms with Crippen LogP contribution in [0.15, 0.2) is 17.6 Å². The van der Waals surface area contributed by atoms with E-state index < -0.39 is 0 Å². The number of nitrogens with one attached hydrogen (secondary N) is 2. The first-order valence-electron chi connectivity index (χ1n) is 7.10. The van der Waals surface area contributed by atoms with Gasteiger partial charge in [0.2, 0.25) is 0 Å². The molecule has 2 N–H and O–H groups in total. The maximum Gasteiger partial charge on any atom is 0.136 e. The van der Waals surface area contributed by atoms with Crippen molar-refractivity contribution in [1.82, 2.24) is 15.0 Å². The lowest BCUT2D eigenvalue weighted by Crippen LogP contribution is -2.10. The molecule has 0 aromatic carbocycles. The SMILES string of the molecule is CCNc1cc(NCCc2nccs2)nc(C2CC2)n1. The molecule has 1 aliphatic rings. The predicted octanol–water partition coefficient (Wildman–Crippen LogP) is 2.90. The fourth-order valence-electron chi connectivity index (χ4n) is 2.03. The van der Waals surface area contributed by atoms with Crippen LogP contribution in [0.4, 0.5) is 11.6 Å². The van der Waals surface area contributed by atoms with Crippen molar-refractivity contribution in [3.63, 3.8) is 0 Å². The quantitative estimate of drug-likeness (QED) is 0.820. The van der Waals surface area contributed by atoms with Gasteiger partial charge in [-0.05, 0) is 19.8 Å². The summed E-state index contributed by atoms with van der Waals surface area (Å²) in [7, 11) is 0. The van der Waals surface area contributed by atoms with E-state index in [1.165, 1.54) is 12.8 Å². The van der Waals surface area contributed by atoms with Gasteiger partial charge in [0.05, 0.1) is 5.01 Å². The highest BCUT2D eigenvalue weighted by molar-refractivity contribution is 7.09. The molecule has 1 aliphatic carbocycles. The van der Waals surface area contributed by atoms with Crippen LogP contribution in [0.3, 0.4) is 0 Å². The second-order valence-electron chi connectivity index (χ2n) is 4.90. The topological polar surface area (TPSA) is 62.7 Å². The molecule has 2 aromatic heterocycles. The first-order valence-corrected chi connectivity index (χ1v) is 7.98. The number of hydrogen-bond acceptors (Lipinski definition) is 6. The normalized spacial score (nSPS) is 14.2. The first-order chi connectivity index (χ1) is 9.85. The highest BCUT2D eigenvalue weighted by Gasteiger charge is 2.27. The van der Waals surface area contributed by atoms with E-state index in [1.807, 2.05) is 17.6 Å². The zero-order valence-electron chi connectivity index (χ0n) is 11.6. The van der Waals surface area contributed by atoms with Crippen LogP contribution < -0.4 is 10.6 Å². The van der Waals surface area contributed by atoms with E-state index in [0.29, 0.717) is 5.92 Å². The molecule has 106 valence electrons. The van der Waals surface area contributed by atoms with E-state index in [9.17, 15) is 0 Å². The Labute approximate surface area is 122 Å². The molecule has 5 nitrogen and oxygen atoms in total. The predicted molar refractivity (Wildman–Crippen MR) is 82.5 cm³/mol. The van der Waals surface area contributed by atoms with E-state index in [2.05, 4.69) is 32.5 Å². The molecule has 3 rings (SSSR count). The van der Waals surface area contributed by atoms with Crippen LogP contribution in [-0.2, 0) is 6.42 Å². The van der Waals surface area contributed by atoms with Crippen LogP contribution in [0.5, 0.6) is 0 Å². The zero-order chi connectivity index (χ0) is 13.8. The van der Waals surface area contributed by atoms with Crippen LogP contribution in [0.2, 0.25) is 0 Å². The van der Waals surface area contributed by atoms with Crippen molar-refractivity contribution in [3.05, 3.63) is 28.5 Å². The fraction of sp³-hybridized carbons (Fsp3) is 0.500. The van der Waals surface area contributed by atoms with Crippen LogP contribution in [0.1, 0.15) is 36.5 Å². The molecule has 0 spiro atoms. The van der Waals surface area contributed by atoms with Crippen molar-refractivity contribution >= 4 is 23.0 Å². The first kappa shape index (κ1) is 13.3. The molecule has 1 saturated carbocycles. The number of aromatic nitrogens is 3. The van der Waals surface area contributed by atoms with Gasteiger partial charge in [-0.1, -0.05) is 0 Å². The Hall–Kier alpha value is -1.69. The molecule has 0 amide bonds. The highest BCUT2D eigenvalue weighted by Crippen LogP contribution is 2.38. The third-order valence-corrected chi connectivity index (χ3v) is 4.01. The van der Waals surface area contributed by atoms with Gasteiger partial charge in [0.1, 0.15) is 17.5 Å². The Kier molecular flexibility index (Phi) is 4.11. The molecule has 1 fully saturated rings. The van der Waals surface area contributed by atoms with E-state index in [-0.39, 0.29) is 0 Å². The standard InChI is InChI=1S/C14H19N5S/c1-2-15-11-9-12(19-14(18-11)10-3-4-10)16-6-5-13-17-7-8-20-13/h7-10H,2-6H2,1H3,(H2,15,16,18,19). The Morgan fingerprint density at radius 2 is 2.05 bits per heavy atom. The summed E-state index contributed by atoms with van der Waals surface area (Å²) in [5.74, 6) is 3.36. The summed E-state index contributed by atoms with van der Waals surface area (Å²) in [4.78, 5) is 13.5. The second-order valence-corrected chi connectivity index (χ2v) is 5.88. The third-order valence-electron chi connectivity index (χ3n) is 3.17. The van der Waals surface area contributed by atoms with Crippen LogP contribution >= 0.6 is 11.3 Å². The number of nitrogens with zero attached hydrogens (tertiary/aromatic N) is 3. The molecule has 6 heteroatoms. The fourth-order valence-corrected chi connectivity index (χ4v) is 2.65. The summed E-state index contributed by atoms with van der Waals surface area (Å²) >= 11 is 1.69. The second kappa shape index (κ2) is 6.17. The Bertz CT molecular complexity index is 551. The average Bonchev–Trinajstić information content (AvgIpc) is 3.17.